The molecule has 3 heteroatoms. The molecule has 0 saturated heterocycles. The van der Waals surface area contributed by atoms with Gasteiger partial charge in [-0.05, 0) is 92.8 Å². The number of fused-ring (bicyclic) bond motifs is 6. The highest BCUT2D eigenvalue weighted by molar-refractivity contribution is 5.18. The predicted molar refractivity (Wildman–Crippen MR) is 89.7 cm³/mol. The van der Waals surface area contributed by atoms with Crippen LogP contribution in [-0.4, -0.2) is 16.6 Å². The lowest BCUT2D eigenvalue weighted by molar-refractivity contribution is -0.146. The molecule has 0 heterocycles. The molecule has 5 saturated carbocycles. The molecule has 1 nitrogen and oxygen atoms in total. The zero-order chi connectivity index (χ0) is 17.1. The summed E-state index contributed by atoms with van der Waals surface area (Å²) in [6.07, 6.45) is 8.17. The van der Waals surface area contributed by atoms with Crippen molar-refractivity contribution in [1.29, 1.82) is 0 Å². The van der Waals surface area contributed by atoms with Gasteiger partial charge in [0.15, 0.2) is 0 Å². The lowest BCUT2D eigenvalue weighted by Crippen LogP contribution is -2.55. The third-order valence-electron chi connectivity index (χ3n) is 10.2. The van der Waals surface area contributed by atoms with Crippen molar-refractivity contribution in [2.24, 2.45) is 46.3 Å². The second kappa shape index (κ2) is 4.38. The zero-order valence-corrected chi connectivity index (χ0v) is 15.3. The smallest absolute Gasteiger partial charge is 0.254 e. The Hall–Kier alpha value is -0.180. The summed E-state index contributed by atoms with van der Waals surface area (Å²) in [7, 11) is 0. The van der Waals surface area contributed by atoms with Crippen LogP contribution in [0.15, 0.2) is 0 Å². The molecule has 0 spiro atoms. The number of rotatable bonds is 0. The summed E-state index contributed by atoms with van der Waals surface area (Å²) in [5, 5.41) is 11.0. The summed E-state index contributed by atoms with van der Waals surface area (Å²) >= 11 is 0. The minimum absolute atomic E-state index is 0.0398. The summed E-state index contributed by atoms with van der Waals surface area (Å²) in [6.45, 7) is 6.70. The Labute approximate surface area is 144 Å². The van der Waals surface area contributed by atoms with E-state index in [-0.39, 0.29) is 22.7 Å². The van der Waals surface area contributed by atoms with Gasteiger partial charge in [0.05, 0.1) is 5.60 Å². The van der Waals surface area contributed by atoms with E-state index in [9.17, 15) is 13.9 Å². The van der Waals surface area contributed by atoms with E-state index in [1.165, 1.54) is 6.42 Å². The van der Waals surface area contributed by atoms with E-state index >= 15 is 0 Å². The van der Waals surface area contributed by atoms with E-state index in [0.29, 0.717) is 23.7 Å². The van der Waals surface area contributed by atoms with Crippen LogP contribution in [0.25, 0.3) is 0 Å². The van der Waals surface area contributed by atoms with Crippen LogP contribution in [0.1, 0.15) is 72.1 Å². The van der Waals surface area contributed by atoms with Crippen LogP contribution in [0, 0.1) is 46.3 Å². The second-order valence-corrected chi connectivity index (χ2v) is 10.8. The molecule has 0 radical (unpaired) electrons. The molecule has 1 N–H and O–H groups in total. The molecular formula is C21H32F2O. The van der Waals surface area contributed by atoms with Crippen LogP contribution < -0.4 is 0 Å². The second-order valence-electron chi connectivity index (χ2n) is 10.8. The van der Waals surface area contributed by atoms with Crippen LogP contribution in [-0.2, 0) is 0 Å². The molecule has 0 aromatic heterocycles. The molecule has 5 rings (SSSR count). The Bertz CT molecular complexity index is 572. The van der Waals surface area contributed by atoms with Gasteiger partial charge in [0.1, 0.15) is 0 Å². The number of hydrogen-bond donors (Lipinski definition) is 1. The molecule has 0 amide bonds. The van der Waals surface area contributed by atoms with E-state index in [1.54, 1.807) is 0 Å². The van der Waals surface area contributed by atoms with Crippen molar-refractivity contribution in [3.8, 4) is 0 Å². The number of hydrogen-bond acceptors (Lipinski definition) is 1. The van der Waals surface area contributed by atoms with Gasteiger partial charge in [-0.2, -0.15) is 0 Å². The van der Waals surface area contributed by atoms with Crippen molar-refractivity contribution < 1.29 is 13.9 Å². The average molecular weight is 338 g/mol. The Kier molecular flexibility index (Phi) is 2.92. The first-order valence-electron chi connectivity index (χ1n) is 10.2. The molecule has 24 heavy (non-hydrogen) atoms. The van der Waals surface area contributed by atoms with Gasteiger partial charge in [0, 0.05) is 11.8 Å². The van der Waals surface area contributed by atoms with Crippen molar-refractivity contribution in [2.75, 3.05) is 0 Å². The van der Waals surface area contributed by atoms with Gasteiger partial charge < -0.3 is 5.11 Å². The van der Waals surface area contributed by atoms with Crippen LogP contribution in [0.4, 0.5) is 8.78 Å². The monoisotopic (exact) mass is 338 g/mol. The summed E-state index contributed by atoms with van der Waals surface area (Å²) in [5.41, 5.74) is -0.376. The van der Waals surface area contributed by atoms with Crippen LogP contribution in [0.3, 0.4) is 0 Å². The molecule has 5 aliphatic carbocycles. The predicted octanol–water partition coefficient (Wildman–Crippen LogP) is 5.27. The van der Waals surface area contributed by atoms with E-state index in [1.807, 2.05) is 6.92 Å². The van der Waals surface area contributed by atoms with Gasteiger partial charge in [-0.1, -0.05) is 13.8 Å². The molecule has 5 aliphatic rings. The fourth-order valence-corrected chi connectivity index (χ4v) is 8.32. The molecule has 0 bridgehead atoms. The van der Waals surface area contributed by atoms with Gasteiger partial charge in [0.2, 0.25) is 0 Å². The Morgan fingerprint density at radius 1 is 0.833 bits per heavy atom. The summed E-state index contributed by atoms with van der Waals surface area (Å²) in [4.78, 5) is 0. The van der Waals surface area contributed by atoms with Gasteiger partial charge >= 0.3 is 0 Å². The first-order valence-corrected chi connectivity index (χ1v) is 10.2. The molecule has 0 unspecified atom stereocenters. The first kappa shape index (κ1) is 16.0. The highest BCUT2D eigenvalue weighted by Crippen LogP contribution is 2.74. The lowest BCUT2D eigenvalue weighted by atomic mass is 9.44. The van der Waals surface area contributed by atoms with E-state index in [4.69, 9.17) is 0 Å². The lowest BCUT2D eigenvalue weighted by Gasteiger charge is -2.60. The van der Waals surface area contributed by atoms with E-state index < -0.39 is 11.5 Å². The summed E-state index contributed by atoms with van der Waals surface area (Å²) in [6, 6.07) is 0. The minimum atomic E-state index is -2.37. The normalized spacial score (nSPS) is 63.8. The quantitative estimate of drug-likeness (QED) is 0.638. The third kappa shape index (κ3) is 1.69. The molecule has 136 valence electrons. The van der Waals surface area contributed by atoms with Crippen molar-refractivity contribution in [1.82, 2.24) is 0 Å². The van der Waals surface area contributed by atoms with E-state index in [0.717, 1.165) is 44.9 Å². The van der Waals surface area contributed by atoms with Gasteiger partial charge in [-0.25, -0.2) is 8.78 Å². The highest BCUT2D eigenvalue weighted by atomic mass is 19.3. The molecule has 5 fully saturated rings. The minimum Gasteiger partial charge on any atom is -0.390 e. The SMILES string of the molecule is C[C@]12C[C@@H]3[C@H](C[C@@H]1CC[C@@H]1[C@@H]2CC[C@@]2(C)[C@H]1CC[C@]2(C)O)C3(F)F. The van der Waals surface area contributed by atoms with Crippen molar-refractivity contribution in [3.05, 3.63) is 0 Å². The zero-order valence-electron chi connectivity index (χ0n) is 15.3. The standard InChI is InChI=1S/C21H32F2O/c1-18-11-17-16(21(17,22)23)10-12(18)4-5-13-14(18)6-8-19(2)15(13)7-9-20(19,3)24/h12-17,24H,4-11H2,1-3H3/t12-,13+,14-,15-,16-,17+,18-,19-,20-/m0/s1. The topological polar surface area (TPSA) is 20.2 Å². The van der Waals surface area contributed by atoms with Crippen molar-refractivity contribution >= 4 is 0 Å². The fraction of sp³-hybridized carbons (Fsp3) is 1.00. The number of alkyl halides is 2. The summed E-state index contributed by atoms with van der Waals surface area (Å²) < 4.78 is 28.2. The largest absolute Gasteiger partial charge is 0.390 e. The van der Waals surface area contributed by atoms with Crippen molar-refractivity contribution in [3.63, 3.8) is 0 Å². The maximum absolute atomic E-state index is 14.1. The van der Waals surface area contributed by atoms with Gasteiger partial charge in [-0.15, -0.1) is 0 Å². The highest BCUT2D eigenvalue weighted by Gasteiger charge is 2.74. The fourth-order valence-electron chi connectivity index (χ4n) is 8.32. The van der Waals surface area contributed by atoms with Crippen LogP contribution in [0.5, 0.6) is 0 Å². The first-order chi connectivity index (χ1) is 11.1. The molecule has 0 aromatic carbocycles. The maximum Gasteiger partial charge on any atom is 0.254 e. The maximum atomic E-state index is 14.1. The number of halogens is 2. The molecule has 9 atom stereocenters. The Balaban J connectivity index is 1.46. The van der Waals surface area contributed by atoms with E-state index in [2.05, 4.69) is 13.8 Å². The van der Waals surface area contributed by atoms with Gasteiger partial charge in [-0.3, -0.25) is 0 Å². The van der Waals surface area contributed by atoms with Crippen LogP contribution >= 0.6 is 0 Å². The molecule has 0 aliphatic heterocycles. The molecular weight excluding hydrogens is 306 g/mol. The number of aliphatic hydroxyl groups is 1. The Morgan fingerprint density at radius 2 is 1.54 bits per heavy atom. The average Bonchev–Trinajstić information content (AvgIpc) is 2.90. The Morgan fingerprint density at radius 3 is 2.29 bits per heavy atom. The van der Waals surface area contributed by atoms with Crippen LogP contribution in [0.2, 0.25) is 0 Å². The summed E-state index contributed by atoms with van der Waals surface area (Å²) in [5.74, 6) is -0.606. The van der Waals surface area contributed by atoms with Crippen molar-refractivity contribution in [2.45, 2.75) is 83.7 Å². The molecule has 0 aromatic rings. The third-order valence-corrected chi connectivity index (χ3v) is 10.2. The van der Waals surface area contributed by atoms with Gasteiger partial charge in [0.25, 0.3) is 5.92 Å².